The topological polar surface area (TPSA) is 67.6 Å². The fraction of sp³-hybridized carbons (Fsp3) is 0.364. The van der Waals surface area contributed by atoms with Crippen LogP contribution in [-0.4, -0.2) is 42.1 Å². The number of benzene rings is 2. The van der Waals surface area contributed by atoms with Gasteiger partial charge in [-0.3, -0.25) is 4.79 Å². The van der Waals surface area contributed by atoms with Gasteiger partial charge in [0.25, 0.3) is 5.91 Å². The van der Waals surface area contributed by atoms with E-state index in [9.17, 15) is 28.3 Å². The van der Waals surface area contributed by atoms with Crippen molar-refractivity contribution in [2.45, 2.75) is 25.6 Å². The average Bonchev–Trinajstić information content (AvgIpc) is 2.95. The van der Waals surface area contributed by atoms with E-state index < -0.39 is 28.8 Å². The highest BCUT2D eigenvalue weighted by Gasteiger charge is 2.56. The maximum atomic E-state index is 14.0. The highest BCUT2D eigenvalue weighted by atomic mass is 35.5. The van der Waals surface area contributed by atoms with Gasteiger partial charge in [0.1, 0.15) is 0 Å². The number of hydrogen-bond donors (Lipinski definition) is 1. The van der Waals surface area contributed by atoms with E-state index in [4.69, 9.17) is 23.2 Å². The van der Waals surface area contributed by atoms with E-state index in [1.54, 1.807) is 6.07 Å². The molecule has 1 heterocycles. The van der Waals surface area contributed by atoms with E-state index in [1.807, 2.05) is 18.7 Å². The van der Waals surface area contributed by atoms with Crippen LogP contribution in [0.3, 0.4) is 0 Å². The predicted molar refractivity (Wildman–Crippen MR) is 116 cm³/mol. The molecule has 1 unspecified atom stereocenters. The van der Waals surface area contributed by atoms with Crippen LogP contribution < -0.4 is 4.90 Å². The summed E-state index contributed by atoms with van der Waals surface area (Å²) in [4.78, 5) is 16.6. The molecule has 2 aromatic carbocycles. The van der Waals surface area contributed by atoms with Crippen LogP contribution in [0.1, 0.15) is 36.1 Å². The Bertz CT molecular complexity index is 1100. The largest absolute Gasteiger partial charge is 0.416 e. The molecule has 32 heavy (non-hydrogen) atoms. The Morgan fingerprint density at radius 2 is 1.84 bits per heavy atom. The number of likely N-dealkylation sites (N-methyl/N-ethyl adjacent to an activating group) is 1. The number of carbonyl (C=O) groups excluding carboxylic acids is 1. The van der Waals surface area contributed by atoms with Crippen LogP contribution in [0.15, 0.2) is 30.3 Å². The zero-order valence-electron chi connectivity index (χ0n) is 17.3. The molecule has 3 rings (SSSR count). The van der Waals surface area contributed by atoms with Gasteiger partial charge in [-0.2, -0.15) is 18.4 Å². The third kappa shape index (κ3) is 4.06. The summed E-state index contributed by atoms with van der Waals surface area (Å²) >= 11 is 12.1. The lowest BCUT2D eigenvalue weighted by atomic mass is 9.84. The zero-order chi connectivity index (χ0) is 23.8. The van der Waals surface area contributed by atoms with Crippen molar-refractivity contribution >= 4 is 34.8 Å². The molecule has 10 heteroatoms. The van der Waals surface area contributed by atoms with E-state index in [0.29, 0.717) is 25.7 Å². The maximum Gasteiger partial charge on any atom is 0.416 e. The molecule has 0 bridgehead atoms. The van der Waals surface area contributed by atoms with Crippen LogP contribution in [0.2, 0.25) is 10.0 Å². The van der Waals surface area contributed by atoms with Gasteiger partial charge in [-0.25, -0.2) is 0 Å². The van der Waals surface area contributed by atoms with Crippen molar-refractivity contribution < 1.29 is 23.1 Å². The Hall–Kier alpha value is -2.31. The minimum Gasteiger partial charge on any atom is -0.372 e. The molecule has 0 aliphatic carbocycles. The van der Waals surface area contributed by atoms with Crippen molar-refractivity contribution in [2.24, 2.45) is 0 Å². The number of carbonyl (C=O) groups is 1. The van der Waals surface area contributed by atoms with Gasteiger partial charge >= 0.3 is 6.18 Å². The first kappa shape index (κ1) is 24.3. The summed E-state index contributed by atoms with van der Waals surface area (Å²) < 4.78 is 42.1. The van der Waals surface area contributed by atoms with Gasteiger partial charge in [0.15, 0.2) is 5.60 Å². The zero-order valence-corrected chi connectivity index (χ0v) is 18.8. The van der Waals surface area contributed by atoms with Crippen molar-refractivity contribution in [3.8, 4) is 6.07 Å². The fourth-order valence-corrected chi connectivity index (χ4v) is 4.50. The molecule has 5 nitrogen and oxygen atoms in total. The third-order valence-corrected chi connectivity index (χ3v) is 6.16. The third-order valence-electron chi connectivity index (χ3n) is 5.61. The smallest absolute Gasteiger partial charge is 0.372 e. The number of amides is 1. The number of halogens is 5. The molecule has 1 N–H and O–H groups in total. The summed E-state index contributed by atoms with van der Waals surface area (Å²) in [5.41, 5.74) is -5.25. The monoisotopic (exact) mass is 485 g/mol. The summed E-state index contributed by atoms with van der Waals surface area (Å²) in [6, 6.07) is 7.34. The minimum absolute atomic E-state index is 0.0210. The molecule has 170 valence electrons. The first-order valence-electron chi connectivity index (χ1n) is 9.87. The van der Waals surface area contributed by atoms with Gasteiger partial charge < -0.3 is 14.9 Å². The highest BCUT2D eigenvalue weighted by Crippen LogP contribution is 2.51. The fourth-order valence-electron chi connectivity index (χ4n) is 3.96. The van der Waals surface area contributed by atoms with Gasteiger partial charge in [0, 0.05) is 34.3 Å². The van der Waals surface area contributed by atoms with E-state index in [-0.39, 0.29) is 33.4 Å². The second-order valence-electron chi connectivity index (χ2n) is 7.35. The van der Waals surface area contributed by atoms with E-state index in [0.717, 1.165) is 4.90 Å². The molecule has 0 saturated heterocycles. The predicted octanol–water partition coefficient (Wildman–Crippen LogP) is 4.81. The van der Waals surface area contributed by atoms with Crippen LogP contribution in [0.25, 0.3) is 0 Å². The van der Waals surface area contributed by atoms with Crippen LogP contribution >= 0.6 is 23.2 Å². The van der Waals surface area contributed by atoms with E-state index in [1.165, 1.54) is 24.3 Å². The summed E-state index contributed by atoms with van der Waals surface area (Å²) in [7, 11) is 0. The first-order chi connectivity index (χ1) is 15.0. The normalized spacial score (nSPS) is 18.2. The SMILES string of the molecule is CCN(CC)CCN1C(=O)C(O)(c2ccc(Cl)cc2Cl)c2c1cc(C#N)cc2C(F)(F)F. The molecule has 0 saturated carbocycles. The molecule has 2 aromatic rings. The summed E-state index contributed by atoms with van der Waals surface area (Å²) in [5.74, 6) is -0.968. The quantitative estimate of drug-likeness (QED) is 0.637. The Balaban J connectivity index is 2.30. The van der Waals surface area contributed by atoms with Crippen LogP contribution in [0.5, 0.6) is 0 Å². The van der Waals surface area contributed by atoms with Crippen molar-refractivity contribution in [3.63, 3.8) is 0 Å². The van der Waals surface area contributed by atoms with Crippen LogP contribution in [-0.2, 0) is 16.6 Å². The first-order valence-corrected chi connectivity index (χ1v) is 10.6. The minimum atomic E-state index is -4.93. The van der Waals surface area contributed by atoms with Crippen LogP contribution in [0, 0.1) is 11.3 Å². The van der Waals surface area contributed by atoms with Gasteiger partial charge in [-0.15, -0.1) is 0 Å². The average molecular weight is 486 g/mol. The second-order valence-corrected chi connectivity index (χ2v) is 8.19. The number of anilines is 1. The molecule has 0 fully saturated rings. The lowest BCUT2D eigenvalue weighted by molar-refractivity contribution is -0.142. The molecule has 1 amide bonds. The van der Waals surface area contributed by atoms with Crippen molar-refractivity contribution in [2.75, 3.05) is 31.1 Å². The van der Waals surface area contributed by atoms with E-state index >= 15 is 0 Å². The lowest BCUT2D eigenvalue weighted by Gasteiger charge is -2.27. The highest BCUT2D eigenvalue weighted by molar-refractivity contribution is 6.35. The van der Waals surface area contributed by atoms with Gasteiger partial charge in [-0.05, 0) is 37.4 Å². The van der Waals surface area contributed by atoms with E-state index in [2.05, 4.69) is 0 Å². The molecule has 1 aliphatic heterocycles. The Morgan fingerprint density at radius 1 is 1.19 bits per heavy atom. The Labute approximate surface area is 193 Å². The summed E-state index contributed by atoms with van der Waals surface area (Å²) in [6.07, 6.45) is -4.93. The molecule has 1 aliphatic rings. The summed E-state index contributed by atoms with van der Waals surface area (Å²) in [5, 5.41) is 20.9. The number of nitrogens with zero attached hydrogens (tertiary/aromatic N) is 3. The lowest BCUT2D eigenvalue weighted by Crippen LogP contribution is -2.44. The Kier molecular flexibility index (Phi) is 6.78. The number of alkyl halides is 3. The molecule has 0 aromatic heterocycles. The van der Waals surface area contributed by atoms with Crippen molar-refractivity contribution in [1.82, 2.24) is 4.90 Å². The molecule has 0 spiro atoms. The van der Waals surface area contributed by atoms with Gasteiger partial charge in [-0.1, -0.05) is 43.1 Å². The molecular formula is C22H20Cl2F3N3O2. The van der Waals surface area contributed by atoms with Crippen molar-refractivity contribution in [1.29, 1.82) is 5.26 Å². The number of aliphatic hydroxyl groups is 1. The number of hydrogen-bond acceptors (Lipinski definition) is 4. The number of fused-ring (bicyclic) bond motifs is 1. The standard InChI is InChI=1S/C22H20Cl2F3N3O2/c1-3-29(4-2)7-8-30-18-10-13(12-28)9-16(22(25,26)27)19(18)21(32,20(30)31)15-6-5-14(23)11-17(15)24/h5-6,9-11,32H,3-4,7-8H2,1-2H3. The summed E-state index contributed by atoms with van der Waals surface area (Å²) in [6.45, 7) is 5.56. The second kappa shape index (κ2) is 8.91. The molecule has 0 radical (unpaired) electrons. The molecular weight excluding hydrogens is 466 g/mol. The number of rotatable bonds is 6. The number of nitriles is 1. The van der Waals surface area contributed by atoms with Gasteiger partial charge in [0.05, 0.1) is 22.9 Å². The molecule has 1 atom stereocenters. The van der Waals surface area contributed by atoms with Crippen LogP contribution in [0.4, 0.5) is 18.9 Å². The van der Waals surface area contributed by atoms with Crippen molar-refractivity contribution in [3.05, 3.63) is 62.6 Å². The Morgan fingerprint density at radius 3 is 2.38 bits per heavy atom. The van der Waals surface area contributed by atoms with Gasteiger partial charge in [0.2, 0.25) is 0 Å². The maximum absolute atomic E-state index is 14.0.